The Morgan fingerprint density at radius 1 is 1.21 bits per heavy atom. The van der Waals surface area contributed by atoms with Crippen LogP contribution in [0.4, 0.5) is 0 Å². The van der Waals surface area contributed by atoms with Crippen molar-refractivity contribution in [3.05, 3.63) is 46.2 Å². The van der Waals surface area contributed by atoms with Gasteiger partial charge in [0.1, 0.15) is 11.3 Å². The van der Waals surface area contributed by atoms with Gasteiger partial charge in [-0.25, -0.2) is 9.50 Å². The highest BCUT2D eigenvalue weighted by atomic mass is 16.5. The highest BCUT2D eigenvalue weighted by Crippen LogP contribution is 2.36. The lowest BCUT2D eigenvalue weighted by molar-refractivity contribution is 0.0707. The second-order valence-corrected chi connectivity index (χ2v) is 8.72. The number of hydrogen-bond acceptors (Lipinski definition) is 5. The highest BCUT2D eigenvalue weighted by molar-refractivity contribution is 5.99. The van der Waals surface area contributed by atoms with Gasteiger partial charge in [-0.05, 0) is 57.9 Å². The topological polar surface area (TPSA) is 76.5 Å². The van der Waals surface area contributed by atoms with Crippen LogP contribution in [0.3, 0.4) is 0 Å². The zero-order chi connectivity index (χ0) is 20.1. The average molecular weight is 393 g/mol. The van der Waals surface area contributed by atoms with Crippen LogP contribution in [0.1, 0.15) is 70.9 Å². The van der Waals surface area contributed by atoms with Gasteiger partial charge >= 0.3 is 0 Å². The third-order valence-electron chi connectivity index (χ3n) is 6.49. The van der Waals surface area contributed by atoms with Crippen molar-refractivity contribution < 1.29 is 9.32 Å². The van der Waals surface area contributed by atoms with E-state index >= 15 is 0 Å². The van der Waals surface area contributed by atoms with Crippen molar-refractivity contribution in [1.82, 2.24) is 24.7 Å². The first kappa shape index (κ1) is 18.3. The summed E-state index contributed by atoms with van der Waals surface area (Å²) in [5, 5.41) is 8.71. The van der Waals surface area contributed by atoms with Crippen LogP contribution >= 0.6 is 0 Å². The summed E-state index contributed by atoms with van der Waals surface area (Å²) in [6, 6.07) is 1.97. The van der Waals surface area contributed by atoms with Gasteiger partial charge in [0.15, 0.2) is 5.65 Å². The molecule has 1 unspecified atom stereocenters. The summed E-state index contributed by atoms with van der Waals surface area (Å²) < 4.78 is 7.53. The van der Waals surface area contributed by atoms with Crippen LogP contribution in [0.15, 0.2) is 16.8 Å². The second-order valence-electron chi connectivity index (χ2n) is 8.72. The molecule has 1 atom stereocenters. The number of nitrogens with zero attached hydrogens (tertiary/aromatic N) is 5. The minimum atomic E-state index is 0.0178. The van der Waals surface area contributed by atoms with E-state index < -0.39 is 0 Å². The fraction of sp³-hybridized carbons (Fsp3) is 0.545. The van der Waals surface area contributed by atoms with Gasteiger partial charge in [-0.2, -0.15) is 5.10 Å². The molecule has 1 amide bonds. The summed E-state index contributed by atoms with van der Waals surface area (Å²) in [5.41, 5.74) is 5.60. The molecule has 0 bridgehead atoms. The summed E-state index contributed by atoms with van der Waals surface area (Å²) in [4.78, 5) is 19.6. The van der Waals surface area contributed by atoms with E-state index in [1.807, 2.05) is 24.8 Å². The van der Waals surface area contributed by atoms with Gasteiger partial charge in [0.25, 0.3) is 5.91 Å². The normalized spacial score (nSPS) is 20.2. The van der Waals surface area contributed by atoms with Gasteiger partial charge in [0.05, 0.1) is 11.9 Å². The number of hydrogen-bond donors (Lipinski definition) is 0. The fourth-order valence-electron chi connectivity index (χ4n) is 4.86. The van der Waals surface area contributed by atoms with Crippen molar-refractivity contribution in [3.63, 3.8) is 0 Å². The molecule has 7 nitrogen and oxygen atoms in total. The molecule has 29 heavy (non-hydrogen) atoms. The Kier molecular flexibility index (Phi) is 4.41. The van der Waals surface area contributed by atoms with Gasteiger partial charge in [0, 0.05) is 36.0 Å². The molecule has 2 aliphatic rings. The Bertz CT molecular complexity index is 1070. The predicted octanol–water partition coefficient (Wildman–Crippen LogP) is 3.48. The van der Waals surface area contributed by atoms with Gasteiger partial charge < -0.3 is 9.42 Å². The van der Waals surface area contributed by atoms with Crippen LogP contribution in [-0.4, -0.2) is 43.7 Å². The molecule has 1 saturated heterocycles. The number of aromatic nitrogens is 4. The third kappa shape index (κ3) is 3.12. The first-order valence-electron chi connectivity index (χ1n) is 10.6. The van der Waals surface area contributed by atoms with E-state index in [9.17, 15) is 4.79 Å². The predicted molar refractivity (Wildman–Crippen MR) is 108 cm³/mol. The van der Waals surface area contributed by atoms with Crippen molar-refractivity contribution in [1.29, 1.82) is 0 Å². The number of piperidine rings is 1. The maximum Gasteiger partial charge on any atom is 0.259 e. The van der Waals surface area contributed by atoms with Crippen LogP contribution in [0.25, 0.3) is 5.65 Å². The zero-order valence-corrected chi connectivity index (χ0v) is 17.3. The average Bonchev–Trinajstić information content (AvgIpc) is 3.31. The lowest BCUT2D eigenvalue weighted by Gasteiger charge is -2.31. The summed E-state index contributed by atoms with van der Waals surface area (Å²) in [5.74, 6) is 2.14. The number of fused-ring (bicyclic) bond motifs is 2. The van der Waals surface area contributed by atoms with E-state index in [-0.39, 0.29) is 5.91 Å². The number of aryl methyl sites for hydroxylation is 3. The molecule has 0 radical (unpaired) electrons. The number of rotatable bonds is 2. The van der Waals surface area contributed by atoms with E-state index in [4.69, 9.17) is 4.52 Å². The van der Waals surface area contributed by atoms with Crippen molar-refractivity contribution in [3.8, 4) is 0 Å². The lowest BCUT2D eigenvalue weighted by Crippen LogP contribution is -2.38. The second kappa shape index (κ2) is 6.97. The summed E-state index contributed by atoms with van der Waals surface area (Å²) in [6.07, 6.45) is 6.76. The minimum Gasteiger partial charge on any atom is -0.361 e. The monoisotopic (exact) mass is 393 g/mol. The largest absolute Gasteiger partial charge is 0.361 e. The van der Waals surface area contributed by atoms with Crippen LogP contribution in [0.5, 0.6) is 0 Å². The maximum absolute atomic E-state index is 13.2. The molecule has 5 rings (SSSR count). The Balaban J connectivity index is 1.33. The van der Waals surface area contributed by atoms with Crippen molar-refractivity contribution >= 4 is 11.6 Å². The van der Waals surface area contributed by atoms with Crippen LogP contribution in [-0.2, 0) is 12.8 Å². The third-order valence-corrected chi connectivity index (χ3v) is 6.49. The summed E-state index contributed by atoms with van der Waals surface area (Å²) in [6.45, 7) is 7.66. The Hall–Kier alpha value is -2.70. The molecule has 1 aliphatic heterocycles. The first-order valence-corrected chi connectivity index (χ1v) is 10.6. The van der Waals surface area contributed by atoms with Crippen molar-refractivity contribution in [2.75, 3.05) is 13.1 Å². The van der Waals surface area contributed by atoms with E-state index in [1.54, 1.807) is 10.7 Å². The number of likely N-dealkylation sites (tertiary alicyclic amines) is 1. The minimum absolute atomic E-state index is 0.0178. The molecule has 3 aromatic rings. The molecular formula is C22H27N5O2. The molecule has 4 heterocycles. The Morgan fingerprint density at radius 2 is 2.00 bits per heavy atom. The fourth-order valence-corrected chi connectivity index (χ4v) is 4.86. The summed E-state index contributed by atoms with van der Waals surface area (Å²) in [7, 11) is 0. The van der Waals surface area contributed by atoms with Crippen molar-refractivity contribution in [2.45, 2.75) is 58.8 Å². The van der Waals surface area contributed by atoms with E-state index in [1.165, 1.54) is 12.0 Å². The number of carbonyl (C=O) groups excluding carboxylic acids is 1. The smallest absolute Gasteiger partial charge is 0.259 e. The molecule has 7 heteroatoms. The molecule has 1 fully saturated rings. The van der Waals surface area contributed by atoms with Gasteiger partial charge in [-0.15, -0.1) is 0 Å². The number of carbonyl (C=O) groups is 1. The highest BCUT2D eigenvalue weighted by Gasteiger charge is 2.32. The molecule has 0 aromatic carbocycles. The van der Waals surface area contributed by atoms with Gasteiger partial charge in [0.2, 0.25) is 0 Å². The van der Waals surface area contributed by atoms with E-state index in [0.29, 0.717) is 23.0 Å². The molecule has 0 N–H and O–H groups in total. The molecule has 152 valence electrons. The molecule has 0 spiro atoms. The summed E-state index contributed by atoms with van der Waals surface area (Å²) >= 11 is 0. The Labute approximate surface area is 170 Å². The van der Waals surface area contributed by atoms with Crippen molar-refractivity contribution in [2.24, 2.45) is 5.92 Å². The maximum atomic E-state index is 13.2. The van der Waals surface area contributed by atoms with Gasteiger partial charge in [-0.1, -0.05) is 12.1 Å². The Morgan fingerprint density at radius 3 is 2.79 bits per heavy atom. The molecule has 0 saturated carbocycles. The zero-order valence-electron chi connectivity index (χ0n) is 17.3. The molecule has 3 aromatic heterocycles. The SMILES string of the molecule is Cc1cc(C)n2ncc(C(=O)N3CCC(c4onc5c4CC(C)CC5)CC3)c2n1. The van der Waals surface area contributed by atoms with Crippen LogP contribution in [0, 0.1) is 19.8 Å². The number of amides is 1. The van der Waals surface area contributed by atoms with E-state index in [2.05, 4.69) is 22.2 Å². The lowest BCUT2D eigenvalue weighted by atomic mass is 9.83. The molecular weight excluding hydrogens is 366 g/mol. The van der Waals surface area contributed by atoms with Crippen LogP contribution < -0.4 is 0 Å². The van der Waals surface area contributed by atoms with Gasteiger partial charge in [-0.3, -0.25) is 4.79 Å². The first-order chi connectivity index (χ1) is 14.0. The molecule has 1 aliphatic carbocycles. The standard InChI is InChI=1S/C22H27N5O2/c1-13-4-5-19-17(10-13)20(29-25-19)16-6-8-26(9-7-16)22(28)18-12-23-27-15(3)11-14(2)24-21(18)27/h11-13,16H,4-10H2,1-3H3. The van der Waals surface area contributed by atoms with E-state index in [0.717, 1.165) is 61.6 Å². The van der Waals surface area contributed by atoms with Crippen LogP contribution in [0.2, 0.25) is 0 Å². The quantitative estimate of drug-likeness (QED) is 0.666.